The summed E-state index contributed by atoms with van der Waals surface area (Å²) >= 11 is 1.35. The summed E-state index contributed by atoms with van der Waals surface area (Å²) in [5.74, 6) is 1.35. The topological polar surface area (TPSA) is 88.3 Å². The number of aromatic nitrogens is 2. The fourth-order valence-corrected chi connectivity index (χ4v) is 3.25. The fourth-order valence-electron chi connectivity index (χ4n) is 2.53. The first kappa shape index (κ1) is 17.5. The van der Waals surface area contributed by atoms with Gasteiger partial charge in [0.15, 0.2) is 11.6 Å². The molecule has 0 atom stereocenters. The second-order valence-electron chi connectivity index (χ2n) is 6.04. The molecule has 0 unspecified atom stereocenters. The maximum absolute atomic E-state index is 12.2. The van der Waals surface area contributed by atoms with Crippen molar-refractivity contribution >= 4 is 29.4 Å². The van der Waals surface area contributed by atoms with Gasteiger partial charge in [0.05, 0.1) is 12.0 Å². The predicted octanol–water partition coefficient (Wildman–Crippen LogP) is 2.67. The molecule has 8 heteroatoms. The molecule has 132 valence electrons. The van der Waals surface area contributed by atoms with Crippen LogP contribution in [0, 0.1) is 5.92 Å². The number of thioether (sulfide) groups is 1. The number of furan rings is 1. The minimum absolute atomic E-state index is 0.133. The van der Waals surface area contributed by atoms with E-state index < -0.39 is 0 Å². The molecule has 0 radical (unpaired) electrons. The Morgan fingerprint density at radius 2 is 2.08 bits per heavy atom. The first-order valence-electron chi connectivity index (χ1n) is 8.21. The third-order valence-electron chi connectivity index (χ3n) is 4.11. The Bertz CT molecular complexity index is 710. The van der Waals surface area contributed by atoms with E-state index in [9.17, 15) is 9.59 Å². The molecule has 1 aliphatic rings. The molecule has 1 saturated heterocycles. The average Bonchev–Trinajstić information content (AvgIpc) is 3.16. The molecule has 2 aromatic rings. The smallest absolute Gasteiger partial charge is 0.292 e. The van der Waals surface area contributed by atoms with Crippen molar-refractivity contribution in [2.24, 2.45) is 5.92 Å². The van der Waals surface area contributed by atoms with Crippen molar-refractivity contribution in [3.63, 3.8) is 0 Å². The van der Waals surface area contributed by atoms with Gasteiger partial charge in [-0.1, -0.05) is 18.7 Å². The SMILES string of the molecule is CC1CCN(C(=O)CSc2ccc(NC(=O)c3ccco3)nn2)CC1. The normalized spacial score (nSPS) is 15.2. The number of carbonyl (C=O) groups excluding carboxylic acids is 2. The van der Waals surface area contributed by atoms with Crippen LogP contribution < -0.4 is 5.32 Å². The number of nitrogens with one attached hydrogen (secondary N) is 1. The van der Waals surface area contributed by atoms with Gasteiger partial charge in [-0.15, -0.1) is 10.2 Å². The second kappa shape index (κ2) is 8.15. The zero-order valence-electron chi connectivity index (χ0n) is 14.0. The summed E-state index contributed by atoms with van der Waals surface area (Å²) in [7, 11) is 0. The maximum atomic E-state index is 12.2. The number of hydrogen-bond acceptors (Lipinski definition) is 6. The zero-order valence-corrected chi connectivity index (χ0v) is 14.8. The van der Waals surface area contributed by atoms with E-state index in [1.165, 1.54) is 18.0 Å². The average molecular weight is 360 g/mol. The van der Waals surface area contributed by atoms with Crippen LogP contribution in [0.4, 0.5) is 5.82 Å². The van der Waals surface area contributed by atoms with Gasteiger partial charge in [-0.3, -0.25) is 9.59 Å². The molecule has 25 heavy (non-hydrogen) atoms. The largest absolute Gasteiger partial charge is 0.459 e. The van der Waals surface area contributed by atoms with Gasteiger partial charge in [0, 0.05) is 13.1 Å². The van der Waals surface area contributed by atoms with Gasteiger partial charge < -0.3 is 14.6 Å². The first-order valence-corrected chi connectivity index (χ1v) is 9.19. The molecule has 0 bridgehead atoms. The molecule has 1 fully saturated rings. The van der Waals surface area contributed by atoms with Crippen LogP contribution in [0.2, 0.25) is 0 Å². The summed E-state index contributed by atoms with van der Waals surface area (Å²) < 4.78 is 5.01. The molecule has 3 rings (SSSR count). The summed E-state index contributed by atoms with van der Waals surface area (Å²) in [6.45, 7) is 3.90. The van der Waals surface area contributed by atoms with Crippen molar-refractivity contribution in [1.82, 2.24) is 15.1 Å². The first-order chi connectivity index (χ1) is 12.1. The van der Waals surface area contributed by atoms with Crippen molar-refractivity contribution in [1.29, 1.82) is 0 Å². The number of likely N-dealkylation sites (tertiary alicyclic amines) is 1. The highest BCUT2D eigenvalue weighted by molar-refractivity contribution is 7.99. The van der Waals surface area contributed by atoms with Gasteiger partial charge in [-0.05, 0) is 43.0 Å². The van der Waals surface area contributed by atoms with Crippen LogP contribution in [-0.4, -0.2) is 45.8 Å². The molecule has 7 nitrogen and oxygen atoms in total. The van der Waals surface area contributed by atoms with Crippen LogP contribution in [0.15, 0.2) is 40.0 Å². The van der Waals surface area contributed by atoms with Crippen LogP contribution in [0.1, 0.15) is 30.3 Å². The van der Waals surface area contributed by atoms with E-state index in [0.717, 1.165) is 25.9 Å². The Kier molecular flexibility index (Phi) is 5.70. The number of amides is 2. The van der Waals surface area contributed by atoms with Gasteiger partial charge >= 0.3 is 0 Å². The van der Waals surface area contributed by atoms with Crippen LogP contribution in [-0.2, 0) is 4.79 Å². The van der Waals surface area contributed by atoms with Crippen molar-refractivity contribution in [3.8, 4) is 0 Å². The highest BCUT2D eigenvalue weighted by Gasteiger charge is 2.20. The van der Waals surface area contributed by atoms with E-state index >= 15 is 0 Å². The third-order valence-corrected chi connectivity index (χ3v) is 5.01. The van der Waals surface area contributed by atoms with E-state index in [1.807, 2.05) is 4.90 Å². The van der Waals surface area contributed by atoms with Crippen molar-refractivity contribution in [3.05, 3.63) is 36.3 Å². The molecule has 1 aliphatic heterocycles. The van der Waals surface area contributed by atoms with Gasteiger partial charge in [0.2, 0.25) is 5.91 Å². The highest BCUT2D eigenvalue weighted by Crippen LogP contribution is 2.20. The van der Waals surface area contributed by atoms with Crippen molar-refractivity contribution < 1.29 is 14.0 Å². The van der Waals surface area contributed by atoms with Gasteiger partial charge in [0.1, 0.15) is 5.03 Å². The lowest BCUT2D eigenvalue weighted by Crippen LogP contribution is -2.38. The summed E-state index contributed by atoms with van der Waals surface area (Å²) in [5.41, 5.74) is 0. The van der Waals surface area contributed by atoms with Crippen LogP contribution in [0.25, 0.3) is 0 Å². The van der Waals surface area contributed by atoms with Crippen molar-refractivity contribution in [2.45, 2.75) is 24.8 Å². The molecular formula is C17H20N4O3S. The summed E-state index contributed by atoms with van der Waals surface area (Å²) in [4.78, 5) is 26.0. The molecule has 1 N–H and O–H groups in total. The number of nitrogens with zero attached hydrogens (tertiary/aromatic N) is 3. The standard InChI is InChI=1S/C17H20N4O3S/c1-12-6-8-21(9-7-12)16(22)11-25-15-5-4-14(19-20-15)18-17(23)13-3-2-10-24-13/h2-5,10,12H,6-9,11H2,1H3,(H,18,19,23). The van der Waals surface area contributed by atoms with E-state index in [0.29, 0.717) is 22.5 Å². The molecular weight excluding hydrogens is 340 g/mol. The van der Waals surface area contributed by atoms with Gasteiger partial charge in [-0.25, -0.2) is 0 Å². The second-order valence-corrected chi connectivity index (χ2v) is 7.04. The summed E-state index contributed by atoms with van der Waals surface area (Å²) in [6, 6.07) is 6.60. The van der Waals surface area contributed by atoms with E-state index in [-0.39, 0.29) is 17.6 Å². The molecule has 0 aromatic carbocycles. The lowest BCUT2D eigenvalue weighted by molar-refractivity contribution is -0.129. The Morgan fingerprint density at radius 1 is 1.28 bits per heavy atom. The minimum Gasteiger partial charge on any atom is -0.459 e. The van der Waals surface area contributed by atoms with Gasteiger partial charge in [0.25, 0.3) is 5.91 Å². The molecule has 0 aliphatic carbocycles. The number of carbonyl (C=O) groups is 2. The fraction of sp³-hybridized carbons (Fsp3) is 0.412. The molecule has 0 saturated carbocycles. The van der Waals surface area contributed by atoms with Gasteiger partial charge in [-0.2, -0.15) is 0 Å². The van der Waals surface area contributed by atoms with Crippen LogP contribution in [0.5, 0.6) is 0 Å². The van der Waals surface area contributed by atoms with E-state index in [4.69, 9.17) is 4.42 Å². The Labute approximate surface area is 150 Å². The Balaban J connectivity index is 1.47. The Morgan fingerprint density at radius 3 is 2.72 bits per heavy atom. The molecule has 2 amide bonds. The monoisotopic (exact) mass is 360 g/mol. The lowest BCUT2D eigenvalue weighted by atomic mass is 9.99. The summed E-state index contributed by atoms with van der Waals surface area (Å²) in [5, 5.41) is 11.2. The Hall–Kier alpha value is -2.35. The molecule has 0 spiro atoms. The van der Waals surface area contributed by atoms with Crippen molar-refractivity contribution in [2.75, 3.05) is 24.2 Å². The number of anilines is 1. The quantitative estimate of drug-likeness (QED) is 0.825. The summed E-state index contributed by atoms with van der Waals surface area (Å²) in [6.07, 6.45) is 3.57. The van der Waals surface area contributed by atoms with E-state index in [2.05, 4.69) is 22.4 Å². The third kappa shape index (κ3) is 4.82. The molecule has 2 aromatic heterocycles. The van der Waals surface area contributed by atoms with E-state index in [1.54, 1.807) is 24.3 Å². The number of piperidine rings is 1. The molecule has 3 heterocycles. The van der Waals surface area contributed by atoms with Crippen LogP contribution in [0.3, 0.4) is 0 Å². The van der Waals surface area contributed by atoms with Crippen LogP contribution >= 0.6 is 11.8 Å². The highest BCUT2D eigenvalue weighted by atomic mass is 32.2. The number of rotatable bonds is 5. The minimum atomic E-state index is -0.380. The number of hydrogen-bond donors (Lipinski definition) is 1. The predicted molar refractivity (Wildman–Crippen MR) is 94.4 cm³/mol. The lowest BCUT2D eigenvalue weighted by Gasteiger charge is -2.30. The zero-order chi connectivity index (χ0) is 17.6. The maximum Gasteiger partial charge on any atom is 0.292 e.